The fourth-order valence-electron chi connectivity index (χ4n) is 1.31. The molecule has 2 rings (SSSR count). The van der Waals surface area contributed by atoms with Crippen molar-refractivity contribution in [2.45, 2.75) is 6.54 Å². The lowest BCUT2D eigenvalue weighted by atomic mass is 10.2. The summed E-state index contributed by atoms with van der Waals surface area (Å²) in [7, 11) is 0. The van der Waals surface area contributed by atoms with E-state index in [0.29, 0.717) is 12.1 Å². The highest BCUT2D eigenvalue weighted by Gasteiger charge is 2.11. The summed E-state index contributed by atoms with van der Waals surface area (Å²) in [5.41, 5.74) is 8.75. The number of carbonyl (C=O) groups is 1. The Kier molecular flexibility index (Phi) is 4.06. The number of anilines is 1. The number of halogens is 2. The number of aromatic nitrogens is 1. The van der Waals surface area contributed by atoms with Gasteiger partial charge in [-0.2, -0.15) is 0 Å². The first-order valence-electron chi connectivity index (χ1n) is 4.97. The van der Waals surface area contributed by atoms with E-state index < -0.39 is 0 Å². The molecule has 1 heterocycles. The van der Waals surface area contributed by atoms with Crippen molar-refractivity contribution >= 4 is 46.1 Å². The third kappa shape index (κ3) is 2.93. The van der Waals surface area contributed by atoms with E-state index in [1.54, 1.807) is 5.51 Å². The predicted molar refractivity (Wildman–Crippen MR) is 74.2 cm³/mol. The van der Waals surface area contributed by atoms with Crippen molar-refractivity contribution in [3.05, 3.63) is 44.3 Å². The maximum atomic E-state index is 11.9. The maximum Gasteiger partial charge on any atom is 0.251 e. The average Bonchev–Trinajstić information content (AvgIpc) is 2.85. The Balaban J connectivity index is 2.09. The molecule has 4 nitrogen and oxygen atoms in total. The molecule has 1 aromatic heterocycles. The molecule has 1 amide bonds. The van der Waals surface area contributed by atoms with Gasteiger partial charge < -0.3 is 11.1 Å². The van der Waals surface area contributed by atoms with Crippen LogP contribution in [0.2, 0.25) is 10.0 Å². The molecule has 0 aliphatic rings. The molecule has 94 valence electrons. The lowest BCUT2D eigenvalue weighted by Crippen LogP contribution is -2.23. The SMILES string of the molecule is Nc1c(Cl)cc(C(=O)NCc2cscn2)cc1Cl. The largest absolute Gasteiger partial charge is 0.396 e. The molecule has 0 unspecified atom stereocenters. The van der Waals surface area contributed by atoms with Crippen LogP contribution in [-0.2, 0) is 6.54 Å². The first kappa shape index (κ1) is 13.1. The maximum absolute atomic E-state index is 11.9. The van der Waals surface area contributed by atoms with Gasteiger partial charge in [0.05, 0.1) is 33.5 Å². The molecular formula is C11H9Cl2N3OS. The number of hydrogen-bond donors (Lipinski definition) is 2. The number of benzene rings is 1. The molecule has 18 heavy (non-hydrogen) atoms. The Morgan fingerprint density at radius 2 is 2.06 bits per heavy atom. The lowest BCUT2D eigenvalue weighted by Gasteiger charge is -2.07. The Labute approximate surface area is 118 Å². The normalized spacial score (nSPS) is 10.3. The van der Waals surface area contributed by atoms with E-state index in [-0.39, 0.29) is 21.6 Å². The van der Waals surface area contributed by atoms with Gasteiger partial charge in [-0.3, -0.25) is 4.79 Å². The molecule has 3 N–H and O–H groups in total. The van der Waals surface area contributed by atoms with Gasteiger partial charge >= 0.3 is 0 Å². The van der Waals surface area contributed by atoms with Gasteiger partial charge in [-0.25, -0.2) is 4.98 Å². The lowest BCUT2D eigenvalue weighted by molar-refractivity contribution is 0.0950. The Hall–Kier alpha value is -1.30. The molecule has 0 fully saturated rings. The zero-order chi connectivity index (χ0) is 13.1. The zero-order valence-corrected chi connectivity index (χ0v) is 11.4. The number of nitrogens with zero attached hydrogens (tertiary/aromatic N) is 1. The number of nitrogen functional groups attached to an aromatic ring is 1. The minimum atomic E-state index is -0.271. The monoisotopic (exact) mass is 301 g/mol. The minimum absolute atomic E-state index is 0.265. The highest BCUT2D eigenvalue weighted by atomic mass is 35.5. The van der Waals surface area contributed by atoms with Gasteiger partial charge in [0.1, 0.15) is 0 Å². The number of nitrogens with two attached hydrogens (primary N) is 1. The standard InChI is InChI=1S/C11H9Cl2N3OS/c12-8-1-6(2-9(13)10(8)14)11(17)15-3-7-4-18-5-16-7/h1-2,4-5H,3,14H2,(H,15,17). The van der Waals surface area contributed by atoms with Crippen LogP contribution >= 0.6 is 34.5 Å². The fraction of sp³-hybridized carbons (Fsp3) is 0.0909. The number of carbonyl (C=O) groups excluding carboxylic acids is 1. The van der Waals surface area contributed by atoms with E-state index in [9.17, 15) is 4.79 Å². The highest BCUT2D eigenvalue weighted by Crippen LogP contribution is 2.28. The second-order valence-corrected chi connectivity index (χ2v) is 5.05. The topological polar surface area (TPSA) is 68.0 Å². The van der Waals surface area contributed by atoms with Crippen LogP contribution in [0.5, 0.6) is 0 Å². The summed E-state index contributed by atoms with van der Waals surface area (Å²) in [6, 6.07) is 2.97. The third-order valence-corrected chi connectivity index (χ3v) is 3.52. The molecule has 0 bridgehead atoms. The second kappa shape index (κ2) is 5.56. The van der Waals surface area contributed by atoms with E-state index in [1.807, 2.05) is 5.38 Å². The molecular weight excluding hydrogens is 293 g/mol. The summed E-state index contributed by atoms with van der Waals surface area (Å²) in [6.07, 6.45) is 0. The molecule has 0 saturated carbocycles. The van der Waals surface area contributed by atoms with E-state index >= 15 is 0 Å². The van der Waals surface area contributed by atoms with Crippen LogP contribution in [0, 0.1) is 0 Å². The number of hydrogen-bond acceptors (Lipinski definition) is 4. The summed E-state index contributed by atoms with van der Waals surface area (Å²) in [5.74, 6) is -0.271. The van der Waals surface area contributed by atoms with E-state index in [1.165, 1.54) is 23.5 Å². The molecule has 2 aromatic rings. The minimum Gasteiger partial charge on any atom is -0.396 e. The fourth-order valence-corrected chi connectivity index (χ4v) is 2.36. The van der Waals surface area contributed by atoms with Crippen LogP contribution in [0.25, 0.3) is 0 Å². The molecule has 0 aliphatic carbocycles. The Bertz CT molecular complexity index is 549. The van der Waals surface area contributed by atoms with Gasteiger partial charge in [-0.15, -0.1) is 11.3 Å². The predicted octanol–water partition coefficient (Wildman–Crippen LogP) is 2.96. The summed E-state index contributed by atoms with van der Waals surface area (Å²) >= 11 is 13.2. The van der Waals surface area contributed by atoms with Crippen molar-refractivity contribution in [2.75, 3.05) is 5.73 Å². The van der Waals surface area contributed by atoms with Gasteiger partial charge in [0.15, 0.2) is 0 Å². The number of rotatable bonds is 3. The highest BCUT2D eigenvalue weighted by molar-refractivity contribution is 7.07. The molecule has 1 aromatic carbocycles. The smallest absolute Gasteiger partial charge is 0.251 e. The van der Waals surface area contributed by atoms with Gasteiger partial charge in [0.25, 0.3) is 5.91 Å². The first-order valence-corrected chi connectivity index (χ1v) is 6.67. The van der Waals surface area contributed by atoms with Crippen LogP contribution in [0.15, 0.2) is 23.0 Å². The van der Waals surface area contributed by atoms with E-state index in [4.69, 9.17) is 28.9 Å². The van der Waals surface area contributed by atoms with Crippen molar-refractivity contribution in [2.24, 2.45) is 0 Å². The van der Waals surface area contributed by atoms with Crippen LogP contribution in [0.3, 0.4) is 0 Å². The summed E-state index contributed by atoms with van der Waals surface area (Å²) in [6.45, 7) is 0.363. The Morgan fingerprint density at radius 1 is 1.39 bits per heavy atom. The summed E-state index contributed by atoms with van der Waals surface area (Å²) < 4.78 is 0. The van der Waals surface area contributed by atoms with Gasteiger partial charge in [-0.05, 0) is 12.1 Å². The molecule has 0 atom stereocenters. The summed E-state index contributed by atoms with van der Waals surface area (Å²) in [5, 5.41) is 5.12. The van der Waals surface area contributed by atoms with Crippen LogP contribution in [-0.4, -0.2) is 10.9 Å². The van der Waals surface area contributed by atoms with E-state index in [0.717, 1.165) is 5.69 Å². The average molecular weight is 302 g/mol. The van der Waals surface area contributed by atoms with Crippen molar-refractivity contribution < 1.29 is 4.79 Å². The Morgan fingerprint density at radius 3 is 2.61 bits per heavy atom. The van der Waals surface area contributed by atoms with Crippen molar-refractivity contribution in [1.82, 2.24) is 10.3 Å². The number of amides is 1. The number of nitrogens with one attached hydrogen (secondary N) is 1. The molecule has 0 spiro atoms. The van der Waals surface area contributed by atoms with Crippen molar-refractivity contribution in [3.8, 4) is 0 Å². The molecule has 0 saturated heterocycles. The van der Waals surface area contributed by atoms with Crippen LogP contribution in [0.1, 0.15) is 16.1 Å². The molecule has 0 radical (unpaired) electrons. The van der Waals surface area contributed by atoms with Gasteiger partial charge in [-0.1, -0.05) is 23.2 Å². The van der Waals surface area contributed by atoms with Crippen molar-refractivity contribution in [1.29, 1.82) is 0 Å². The van der Waals surface area contributed by atoms with Crippen molar-refractivity contribution in [3.63, 3.8) is 0 Å². The number of thiazole rings is 1. The van der Waals surface area contributed by atoms with Crippen LogP contribution < -0.4 is 11.1 Å². The summed E-state index contributed by atoms with van der Waals surface area (Å²) in [4.78, 5) is 15.9. The molecule has 7 heteroatoms. The van der Waals surface area contributed by atoms with Crippen LogP contribution in [0.4, 0.5) is 5.69 Å². The van der Waals surface area contributed by atoms with Gasteiger partial charge in [0, 0.05) is 10.9 Å². The molecule has 0 aliphatic heterocycles. The van der Waals surface area contributed by atoms with Gasteiger partial charge in [0.2, 0.25) is 0 Å². The third-order valence-electron chi connectivity index (χ3n) is 2.25. The second-order valence-electron chi connectivity index (χ2n) is 3.52. The quantitative estimate of drug-likeness (QED) is 0.857. The van der Waals surface area contributed by atoms with E-state index in [2.05, 4.69) is 10.3 Å². The zero-order valence-electron chi connectivity index (χ0n) is 9.11. The first-order chi connectivity index (χ1) is 8.58.